The van der Waals surface area contributed by atoms with Crippen LogP contribution in [0.4, 0.5) is 10.1 Å². The number of carbonyl (C=O) groups excluding carboxylic acids is 2. The Morgan fingerprint density at radius 3 is 2.26 bits per heavy atom. The first-order valence-corrected chi connectivity index (χ1v) is 12.7. The van der Waals surface area contributed by atoms with Crippen LogP contribution in [0.15, 0.2) is 53.4 Å². The van der Waals surface area contributed by atoms with Crippen LogP contribution in [-0.2, 0) is 19.6 Å². The number of hydrogen-bond donors (Lipinski definition) is 1. The summed E-state index contributed by atoms with van der Waals surface area (Å²) in [6.07, 6.45) is 2.57. The third-order valence-corrected chi connectivity index (χ3v) is 8.45. The van der Waals surface area contributed by atoms with Gasteiger partial charge >= 0.3 is 5.97 Å². The van der Waals surface area contributed by atoms with Gasteiger partial charge in [-0.1, -0.05) is 18.9 Å². The van der Waals surface area contributed by atoms with Crippen molar-refractivity contribution in [2.45, 2.75) is 36.1 Å². The van der Waals surface area contributed by atoms with E-state index in [0.29, 0.717) is 25.9 Å². The van der Waals surface area contributed by atoms with Gasteiger partial charge in [0.2, 0.25) is 10.0 Å². The smallest absolute Gasteiger partial charge is 0.331 e. The Kier molecular flexibility index (Phi) is 6.90. The SMILES string of the molecule is COC(=O)C1(NC(=O)c2cccc(S(=O)(=O)N3CCN(c4ccc(F)cc4)CC3)c2)CCCC1. The van der Waals surface area contributed by atoms with E-state index < -0.39 is 27.4 Å². The number of ether oxygens (including phenoxy) is 1. The Morgan fingerprint density at radius 1 is 1.00 bits per heavy atom. The van der Waals surface area contributed by atoms with Gasteiger partial charge in [-0.05, 0) is 55.3 Å². The van der Waals surface area contributed by atoms with Crippen molar-refractivity contribution in [2.75, 3.05) is 38.2 Å². The van der Waals surface area contributed by atoms with Crippen molar-refractivity contribution in [2.24, 2.45) is 0 Å². The number of carbonyl (C=O) groups is 2. The number of nitrogens with one attached hydrogen (secondary N) is 1. The lowest BCUT2D eigenvalue weighted by Crippen LogP contribution is -2.53. The van der Waals surface area contributed by atoms with Crippen molar-refractivity contribution in [3.63, 3.8) is 0 Å². The molecule has 1 aliphatic heterocycles. The first kappa shape index (κ1) is 24.2. The molecule has 2 aliphatic rings. The number of esters is 1. The van der Waals surface area contributed by atoms with E-state index in [4.69, 9.17) is 4.74 Å². The number of sulfonamides is 1. The van der Waals surface area contributed by atoms with Crippen LogP contribution in [0.3, 0.4) is 0 Å². The second-order valence-corrected chi connectivity index (χ2v) is 10.6. The summed E-state index contributed by atoms with van der Waals surface area (Å²) in [5.41, 5.74) is -0.0676. The fourth-order valence-electron chi connectivity index (χ4n) is 4.63. The maximum atomic E-state index is 13.3. The number of anilines is 1. The highest BCUT2D eigenvalue weighted by molar-refractivity contribution is 7.89. The Morgan fingerprint density at radius 2 is 1.65 bits per heavy atom. The molecule has 8 nitrogen and oxygen atoms in total. The molecule has 1 aliphatic carbocycles. The summed E-state index contributed by atoms with van der Waals surface area (Å²) in [5.74, 6) is -1.31. The predicted molar refractivity (Wildman–Crippen MR) is 124 cm³/mol. The number of hydrogen-bond acceptors (Lipinski definition) is 6. The third-order valence-electron chi connectivity index (χ3n) is 6.55. The third kappa shape index (κ3) is 4.78. The lowest BCUT2D eigenvalue weighted by atomic mass is 9.97. The summed E-state index contributed by atoms with van der Waals surface area (Å²) in [7, 11) is -2.53. The van der Waals surface area contributed by atoms with Crippen LogP contribution < -0.4 is 10.2 Å². The summed E-state index contributed by atoms with van der Waals surface area (Å²) in [5, 5.41) is 2.79. The van der Waals surface area contributed by atoms with Crippen molar-refractivity contribution in [3.05, 3.63) is 59.9 Å². The molecular weight excluding hydrogens is 461 g/mol. The van der Waals surface area contributed by atoms with Crippen molar-refractivity contribution in [3.8, 4) is 0 Å². The normalized spacial score (nSPS) is 18.5. The molecule has 1 heterocycles. The van der Waals surface area contributed by atoms with Crippen LogP contribution >= 0.6 is 0 Å². The second kappa shape index (κ2) is 9.71. The molecule has 1 saturated carbocycles. The van der Waals surface area contributed by atoms with E-state index in [1.165, 1.54) is 47.8 Å². The van der Waals surface area contributed by atoms with Gasteiger partial charge in [-0.3, -0.25) is 4.79 Å². The molecule has 2 aromatic rings. The van der Waals surface area contributed by atoms with Crippen LogP contribution in [0.5, 0.6) is 0 Å². The number of amides is 1. The molecule has 0 unspecified atom stereocenters. The average Bonchev–Trinajstić information content (AvgIpc) is 3.33. The number of rotatable bonds is 6. The zero-order chi connectivity index (χ0) is 24.3. The van der Waals surface area contributed by atoms with E-state index in [-0.39, 0.29) is 29.4 Å². The van der Waals surface area contributed by atoms with E-state index in [9.17, 15) is 22.4 Å². The molecule has 1 N–H and O–H groups in total. The molecule has 10 heteroatoms. The van der Waals surface area contributed by atoms with Gasteiger partial charge in [0.1, 0.15) is 11.4 Å². The molecule has 0 bridgehead atoms. The number of methoxy groups -OCH3 is 1. The lowest BCUT2D eigenvalue weighted by molar-refractivity contribution is -0.148. The molecular formula is C24H28FN3O5S. The minimum atomic E-state index is -3.82. The Bertz CT molecular complexity index is 1160. The zero-order valence-corrected chi connectivity index (χ0v) is 19.8. The van der Waals surface area contributed by atoms with E-state index in [1.54, 1.807) is 12.1 Å². The highest BCUT2D eigenvalue weighted by Gasteiger charge is 2.43. The summed E-state index contributed by atoms with van der Waals surface area (Å²) < 4.78 is 46.0. The summed E-state index contributed by atoms with van der Waals surface area (Å²) in [6.45, 7) is 1.46. The Balaban J connectivity index is 1.47. The van der Waals surface area contributed by atoms with Gasteiger partial charge in [-0.15, -0.1) is 0 Å². The van der Waals surface area contributed by atoms with Crippen molar-refractivity contribution in [1.82, 2.24) is 9.62 Å². The highest BCUT2D eigenvalue weighted by atomic mass is 32.2. The lowest BCUT2D eigenvalue weighted by Gasteiger charge is -2.35. The Labute approximate surface area is 198 Å². The van der Waals surface area contributed by atoms with Crippen LogP contribution in [0.1, 0.15) is 36.0 Å². The minimum absolute atomic E-state index is 0.0222. The fourth-order valence-corrected chi connectivity index (χ4v) is 6.10. The van der Waals surface area contributed by atoms with Gasteiger partial charge < -0.3 is 15.0 Å². The van der Waals surface area contributed by atoms with E-state index >= 15 is 0 Å². The summed E-state index contributed by atoms with van der Waals surface area (Å²) in [4.78, 5) is 27.3. The van der Waals surface area contributed by atoms with Crippen molar-refractivity contribution < 1.29 is 27.1 Å². The van der Waals surface area contributed by atoms with Crippen LogP contribution in [-0.4, -0.2) is 63.4 Å². The van der Waals surface area contributed by atoms with Gasteiger partial charge in [-0.2, -0.15) is 4.31 Å². The maximum absolute atomic E-state index is 13.3. The molecule has 4 rings (SSSR count). The molecule has 1 saturated heterocycles. The Hall–Kier alpha value is -2.98. The standard InChI is InChI=1S/C24H28FN3O5S/c1-33-23(30)24(11-2-3-12-24)26-22(29)18-5-4-6-21(17-18)34(31,32)28-15-13-27(14-16-28)20-9-7-19(25)8-10-20/h4-10,17H,2-3,11-16H2,1H3,(H,26,29). The quantitative estimate of drug-likeness (QED) is 0.627. The van der Waals surface area contributed by atoms with Crippen LogP contribution in [0, 0.1) is 5.82 Å². The van der Waals surface area contributed by atoms with Gasteiger partial charge in [0, 0.05) is 37.4 Å². The van der Waals surface area contributed by atoms with Gasteiger partial charge in [0.05, 0.1) is 12.0 Å². The van der Waals surface area contributed by atoms with Gasteiger partial charge in [0.15, 0.2) is 0 Å². The average molecular weight is 490 g/mol. The number of piperazine rings is 1. The summed E-state index contributed by atoms with van der Waals surface area (Å²) >= 11 is 0. The van der Waals surface area contributed by atoms with E-state index in [0.717, 1.165) is 18.5 Å². The topological polar surface area (TPSA) is 96.0 Å². The molecule has 0 spiro atoms. The largest absolute Gasteiger partial charge is 0.467 e. The van der Waals surface area contributed by atoms with Crippen molar-refractivity contribution >= 4 is 27.6 Å². The monoisotopic (exact) mass is 489 g/mol. The van der Waals surface area contributed by atoms with Gasteiger partial charge in [-0.25, -0.2) is 17.6 Å². The zero-order valence-electron chi connectivity index (χ0n) is 19.0. The minimum Gasteiger partial charge on any atom is -0.467 e. The molecule has 0 aromatic heterocycles. The fraction of sp³-hybridized carbons (Fsp3) is 0.417. The van der Waals surface area contributed by atoms with Crippen LogP contribution in [0.2, 0.25) is 0 Å². The molecule has 0 radical (unpaired) electrons. The molecule has 2 aromatic carbocycles. The highest BCUT2D eigenvalue weighted by Crippen LogP contribution is 2.31. The number of halogens is 1. The molecule has 182 valence electrons. The molecule has 0 atom stereocenters. The van der Waals surface area contributed by atoms with Gasteiger partial charge in [0.25, 0.3) is 5.91 Å². The molecule has 2 fully saturated rings. The maximum Gasteiger partial charge on any atom is 0.331 e. The first-order chi connectivity index (χ1) is 16.2. The second-order valence-electron chi connectivity index (χ2n) is 8.63. The first-order valence-electron chi connectivity index (χ1n) is 11.3. The van der Waals surface area contributed by atoms with Crippen LogP contribution in [0.25, 0.3) is 0 Å². The van der Waals surface area contributed by atoms with Crippen molar-refractivity contribution in [1.29, 1.82) is 0 Å². The number of nitrogens with zero attached hydrogens (tertiary/aromatic N) is 2. The summed E-state index contributed by atoms with van der Waals surface area (Å²) in [6, 6.07) is 12.0. The van der Waals surface area contributed by atoms with E-state index in [1.807, 2.05) is 4.90 Å². The number of benzene rings is 2. The van der Waals surface area contributed by atoms with E-state index in [2.05, 4.69) is 5.32 Å². The predicted octanol–water partition coefficient (Wildman–Crippen LogP) is 2.55. The molecule has 1 amide bonds. The molecule has 34 heavy (non-hydrogen) atoms.